The van der Waals surface area contributed by atoms with Crippen LogP contribution in [-0.2, 0) is 29.5 Å². The SMILES string of the molecule is Cc1cnc(Nc2ccc3c(c2)CCNC3)nc1NCc1nccnc1N(C)S(C)(=O)=O. The predicted octanol–water partition coefficient (Wildman–Crippen LogP) is 1.97. The number of benzene rings is 1. The fraction of sp³-hybridized carbons (Fsp3) is 0.333. The smallest absolute Gasteiger partial charge is 0.233 e. The van der Waals surface area contributed by atoms with Crippen LogP contribution in [0.5, 0.6) is 0 Å². The van der Waals surface area contributed by atoms with Crippen LogP contribution in [-0.4, -0.2) is 48.2 Å². The molecule has 0 atom stereocenters. The molecule has 10 nitrogen and oxygen atoms in total. The van der Waals surface area contributed by atoms with Crippen molar-refractivity contribution < 1.29 is 8.42 Å². The van der Waals surface area contributed by atoms with Crippen molar-refractivity contribution in [2.24, 2.45) is 0 Å². The second-order valence-corrected chi connectivity index (χ2v) is 9.68. The molecular weight excluding hydrogens is 428 g/mol. The van der Waals surface area contributed by atoms with Crippen molar-refractivity contribution in [2.75, 3.05) is 34.8 Å². The molecule has 0 unspecified atom stereocenters. The lowest BCUT2D eigenvalue weighted by atomic mass is 10.0. The molecule has 1 aliphatic heterocycles. The van der Waals surface area contributed by atoms with Crippen molar-refractivity contribution in [3.05, 3.63) is 59.2 Å². The van der Waals surface area contributed by atoms with Crippen molar-refractivity contribution >= 4 is 33.3 Å². The fourth-order valence-corrected chi connectivity index (χ4v) is 3.90. The summed E-state index contributed by atoms with van der Waals surface area (Å²) in [4.78, 5) is 17.5. The molecule has 1 aromatic carbocycles. The van der Waals surface area contributed by atoms with Crippen LogP contribution in [0.3, 0.4) is 0 Å². The van der Waals surface area contributed by atoms with E-state index in [1.165, 1.54) is 30.6 Å². The van der Waals surface area contributed by atoms with E-state index < -0.39 is 10.0 Å². The highest BCUT2D eigenvalue weighted by molar-refractivity contribution is 7.92. The molecule has 0 radical (unpaired) electrons. The Hall–Kier alpha value is -3.31. The van der Waals surface area contributed by atoms with E-state index in [0.717, 1.165) is 41.3 Å². The molecule has 2 aromatic heterocycles. The number of nitrogens with one attached hydrogen (secondary N) is 3. The molecule has 168 valence electrons. The predicted molar refractivity (Wildman–Crippen MR) is 125 cm³/mol. The van der Waals surface area contributed by atoms with Crippen molar-refractivity contribution in [1.29, 1.82) is 0 Å². The Bertz CT molecular complexity index is 1230. The number of rotatable bonds is 7. The van der Waals surface area contributed by atoms with Crippen LogP contribution >= 0.6 is 0 Å². The zero-order chi connectivity index (χ0) is 22.7. The third-order valence-corrected chi connectivity index (χ3v) is 6.46. The van der Waals surface area contributed by atoms with E-state index in [9.17, 15) is 8.42 Å². The molecule has 1 aliphatic rings. The number of fused-ring (bicyclic) bond motifs is 1. The van der Waals surface area contributed by atoms with Crippen molar-refractivity contribution in [3.63, 3.8) is 0 Å². The van der Waals surface area contributed by atoms with E-state index in [0.29, 0.717) is 17.5 Å². The molecule has 0 amide bonds. The van der Waals surface area contributed by atoms with Gasteiger partial charge in [0.25, 0.3) is 0 Å². The molecule has 3 heterocycles. The minimum absolute atomic E-state index is 0.256. The van der Waals surface area contributed by atoms with E-state index in [1.807, 2.05) is 13.0 Å². The maximum atomic E-state index is 11.9. The average Bonchev–Trinajstić information content (AvgIpc) is 2.78. The summed E-state index contributed by atoms with van der Waals surface area (Å²) in [5, 5.41) is 9.87. The zero-order valence-corrected chi connectivity index (χ0v) is 19.1. The Balaban J connectivity index is 1.51. The van der Waals surface area contributed by atoms with Crippen LogP contribution in [0.2, 0.25) is 0 Å². The largest absolute Gasteiger partial charge is 0.364 e. The molecule has 0 saturated carbocycles. The normalized spacial score (nSPS) is 13.3. The van der Waals surface area contributed by atoms with Crippen LogP contribution in [0.25, 0.3) is 0 Å². The summed E-state index contributed by atoms with van der Waals surface area (Å²) in [5.74, 6) is 1.37. The summed E-state index contributed by atoms with van der Waals surface area (Å²) in [7, 11) is -2.00. The van der Waals surface area contributed by atoms with E-state index in [-0.39, 0.29) is 12.4 Å². The van der Waals surface area contributed by atoms with Gasteiger partial charge in [-0.3, -0.25) is 9.29 Å². The highest BCUT2D eigenvalue weighted by atomic mass is 32.2. The van der Waals surface area contributed by atoms with Gasteiger partial charge in [-0.25, -0.2) is 18.4 Å². The molecule has 0 bridgehead atoms. The number of anilines is 4. The first-order chi connectivity index (χ1) is 15.3. The van der Waals surface area contributed by atoms with Gasteiger partial charge in [-0.15, -0.1) is 0 Å². The standard InChI is InChI=1S/C21H26N8O2S/c1-14-11-26-21(27-17-5-4-16-12-22-7-6-15(16)10-17)28-19(14)25-13-18-20(24-9-8-23-18)29(2)32(3,30)31/h4-5,8-11,22H,6-7,12-13H2,1-3H3,(H2,25,26,27,28). The number of nitrogens with zero attached hydrogens (tertiary/aromatic N) is 5. The van der Waals surface area contributed by atoms with Crippen LogP contribution < -0.4 is 20.3 Å². The molecule has 0 aliphatic carbocycles. The Morgan fingerprint density at radius 1 is 1.16 bits per heavy atom. The molecular formula is C21H26N8O2S. The zero-order valence-electron chi connectivity index (χ0n) is 18.3. The number of hydrogen-bond donors (Lipinski definition) is 3. The van der Waals surface area contributed by atoms with Crippen LogP contribution in [0.4, 0.5) is 23.3 Å². The van der Waals surface area contributed by atoms with Gasteiger partial charge < -0.3 is 16.0 Å². The molecule has 0 spiro atoms. The molecule has 3 N–H and O–H groups in total. The van der Waals surface area contributed by atoms with Gasteiger partial charge in [0.1, 0.15) is 11.5 Å². The van der Waals surface area contributed by atoms with Crippen molar-refractivity contribution in [1.82, 2.24) is 25.3 Å². The maximum Gasteiger partial charge on any atom is 0.233 e. The molecule has 3 aromatic rings. The van der Waals surface area contributed by atoms with Gasteiger partial charge in [-0.1, -0.05) is 6.07 Å². The lowest BCUT2D eigenvalue weighted by Crippen LogP contribution is -2.27. The third-order valence-electron chi connectivity index (χ3n) is 5.29. The summed E-state index contributed by atoms with van der Waals surface area (Å²) in [6.45, 7) is 4.03. The molecule has 0 fully saturated rings. The Kier molecular flexibility index (Phi) is 6.19. The van der Waals surface area contributed by atoms with Gasteiger partial charge in [0.05, 0.1) is 12.8 Å². The van der Waals surface area contributed by atoms with Gasteiger partial charge in [0.2, 0.25) is 16.0 Å². The summed E-state index contributed by atoms with van der Waals surface area (Å²) in [6, 6.07) is 6.28. The van der Waals surface area contributed by atoms with Crippen LogP contribution in [0.1, 0.15) is 22.4 Å². The molecule has 32 heavy (non-hydrogen) atoms. The Labute approximate surface area is 187 Å². The number of hydrogen-bond acceptors (Lipinski definition) is 9. The van der Waals surface area contributed by atoms with Gasteiger partial charge in [0.15, 0.2) is 5.82 Å². The minimum Gasteiger partial charge on any atom is -0.364 e. The first kappa shape index (κ1) is 21.9. The van der Waals surface area contributed by atoms with Gasteiger partial charge >= 0.3 is 0 Å². The first-order valence-electron chi connectivity index (χ1n) is 10.2. The Morgan fingerprint density at radius 3 is 2.78 bits per heavy atom. The van der Waals surface area contributed by atoms with Gasteiger partial charge in [-0.2, -0.15) is 4.98 Å². The van der Waals surface area contributed by atoms with Crippen molar-refractivity contribution in [2.45, 2.75) is 26.4 Å². The summed E-state index contributed by atoms with van der Waals surface area (Å²) in [6.07, 6.45) is 6.85. The van der Waals surface area contributed by atoms with Gasteiger partial charge in [-0.05, 0) is 43.1 Å². The highest BCUT2D eigenvalue weighted by Gasteiger charge is 2.18. The molecule has 0 saturated heterocycles. The monoisotopic (exact) mass is 454 g/mol. The lowest BCUT2D eigenvalue weighted by molar-refractivity contribution is 0.599. The second kappa shape index (κ2) is 9.05. The van der Waals surface area contributed by atoms with E-state index in [4.69, 9.17) is 0 Å². The third kappa shape index (κ3) is 4.94. The second-order valence-electron chi connectivity index (χ2n) is 7.67. The summed E-state index contributed by atoms with van der Waals surface area (Å²) >= 11 is 0. The lowest BCUT2D eigenvalue weighted by Gasteiger charge is -2.19. The fourth-order valence-electron chi connectivity index (χ4n) is 3.44. The topological polar surface area (TPSA) is 125 Å². The number of aryl methyl sites for hydroxylation is 1. The number of aromatic nitrogens is 4. The van der Waals surface area contributed by atoms with Crippen LogP contribution in [0.15, 0.2) is 36.8 Å². The highest BCUT2D eigenvalue weighted by Crippen LogP contribution is 2.23. The van der Waals surface area contributed by atoms with Crippen LogP contribution in [0, 0.1) is 6.92 Å². The Morgan fingerprint density at radius 2 is 1.97 bits per heavy atom. The minimum atomic E-state index is -3.45. The molecule has 11 heteroatoms. The van der Waals surface area contributed by atoms with E-state index >= 15 is 0 Å². The maximum absolute atomic E-state index is 11.9. The van der Waals surface area contributed by atoms with Crippen molar-refractivity contribution in [3.8, 4) is 0 Å². The van der Waals surface area contributed by atoms with E-state index in [2.05, 4.69) is 48.0 Å². The summed E-state index contributed by atoms with van der Waals surface area (Å²) < 4.78 is 25.0. The summed E-state index contributed by atoms with van der Waals surface area (Å²) in [5.41, 5.74) is 4.92. The van der Waals surface area contributed by atoms with E-state index in [1.54, 1.807) is 6.20 Å². The van der Waals surface area contributed by atoms with Gasteiger partial charge in [0, 0.05) is 43.4 Å². The average molecular weight is 455 g/mol. The first-order valence-corrected chi connectivity index (χ1v) is 12.1. The quantitative estimate of drug-likeness (QED) is 0.491. The molecule has 4 rings (SSSR count). The number of sulfonamides is 1.